The fourth-order valence-electron chi connectivity index (χ4n) is 6.26. The summed E-state index contributed by atoms with van der Waals surface area (Å²) in [6.45, 7) is 2.45. The first kappa shape index (κ1) is 39.4. The van der Waals surface area contributed by atoms with E-state index in [0.29, 0.717) is 24.4 Å². The zero-order valence-electron chi connectivity index (χ0n) is 30.6. The van der Waals surface area contributed by atoms with Gasteiger partial charge in [0.05, 0.1) is 38.9 Å². The number of likely N-dealkylation sites (N-methyl/N-ethyl adjacent to an activating group) is 1. The molecule has 3 aromatic rings. The topological polar surface area (TPSA) is 215 Å². The van der Waals surface area contributed by atoms with Crippen molar-refractivity contribution < 1.29 is 38.2 Å². The Morgan fingerprint density at radius 1 is 1.00 bits per heavy atom. The number of carbonyl (C=O) groups excluding carboxylic acids is 6. The summed E-state index contributed by atoms with van der Waals surface area (Å²) in [6, 6.07) is 10.9. The summed E-state index contributed by atoms with van der Waals surface area (Å²) >= 11 is 0. The van der Waals surface area contributed by atoms with Gasteiger partial charge in [0.1, 0.15) is 42.2 Å². The molecule has 54 heavy (non-hydrogen) atoms. The van der Waals surface area contributed by atoms with Gasteiger partial charge in [0.2, 0.25) is 29.5 Å². The minimum Gasteiger partial charge on any atom is -0.492 e. The molecule has 3 aliphatic rings. The van der Waals surface area contributed by atoms with Gasteiger partial charge in [-0.15, -0.1) is 5.10 Å². The van der Waals surface area contributed by atoms with Gasteiger partial charge in [-0.3, -0.25) is 24.0 Å². The second-order valence-electron chi connectivity index (χ2n) is 13.2. The highest BCUT2D eigenvalue weighted by atomic mass is 16.5. The molecule has 5 unspecified atom stereocenters. The molecule has 288 valence electrons. The molecule has 0 spiro atoms. The summed E-state index contributed by atoms with van der Waals surface area (Å²) in [6.07, 6.45) is 2.21. The average Bonchev–Trinajstić information content (AvgIpc) is 3.86. The number of methoxy groups -OCH3 is 1. The van der Waals surface area contributed by atoms with Gasteiger partial charge in [-0.2, -0.15) is 0 Å². The van der Waals surface area contributed by atoms with E-state index in [9.17, 15) is 28.8 Å². The molecule has 0 aliphatic carbocycles. The Morgan fingerprint density at radius 3 is 2.48 bits per heavy atom. The summed E-state index contributed by atoms with van der Waals surface area (Å²) in [5, 5.41) is 22.0. The monoisotopic (exact) mass is 745 g/mol. The van der Waals surface area contributed by atoms with E-state index in [1.807, 2.05) is 18.2 Å². The molecule has 1 aromatic heterocycles. The number of hydrogen-bond acceptors (Lipinski definition) is 11. The maximum absolute atomic E-state index is 14.1. The van der Waals surface area contributed by atoms with Crippen LogP contribution < -0.4 is 31.3 Å². The lowest BCUT2D eigenvalue weighted by atomic mass is 10.0. The number of ether oxygens (including phenoxy) is 2. The number of benzene rings is 2. The third-order valence-corrected chi connectivity index (χ3v) is 9.39. The number of fused-ring (bicyclic) bond motifs is 15. The van der Waals surface area contributed by atoms with E-state index in [0.717, 1.165) is 11.1 Å². The average molecular weight is 746 g/mol. The van der Waals surface area contributed by atoms with Crippen LogP contribution in [0.4, 0.5) is 0 Å². The van der Waals surface area contributed by atoms with Crippen LogP contribution in [-0.4, -0.2) is 113 Å². The first-order chi connectivity index (χ1) is 26.0. The second kappa shape index (κ2) is 18.8. The van der Waals surface area contributed by atoms with Gasteiger partial charge in [-0.25, -0.2) is 9.48 Å². The Labute approximate surface area is 312 Å². The molecule has 0 saturated carbocycles. The number of aromatic nitrogens is 3. The Hall–Kier alpha value is -5.84. The fourth-order valence-corrected chi connectivity index (χ4v) is 6.26. The van der Waals surface area contributed by atoms with E-state index in [2.05, 4.69) is 36.9 Å². The van der Waals surface area contributed by atoms with Crippen LogP contribution in [0.3, 0.4) is 0 Å². The molecule has 5 atom stereocenters. The van der Waals surface area contributed by atoms with Gasteiger partial charge in [0.25, 0.3) is 0 Å². The maximum Gasteiger partial charge on any atom is 0.328 e. The zero-order chi connectivity index (χ0) is 38.6. The van der Waals surface area contributed by atoms with E-state index in [-0.39, 0.29) is 39.0 Å². The van der Waals surface area contributed by atoms with Gasteiger partial charge >= 0.3 is 5.97 Å². The van der Waals surface area contributed by atoms with Crippen molar-refractivity contribution in [2.24, 2.45) is 0 Å². The van der Waals surface area contributed by atoms with Crippen LogP contribution in [0.5, 0.6) is 5.75 Å². The predicted molar refractivity (Wildman–Crippen MR) is 193 cm³/mol. The number of hydrogen-bond donors (Lipinski definition) is 5. The Balaban J connectivity index is 1.44. The zero-order valence-corrected chi connectivity index (χ0v) is 30.6. The highest BCUT2D eigenvalue weighted by Gasteiger charge is 2.40. The van der Waals surface area contributed by atoms with Crippen LogP contribution in [-0.2, 0) is 59.4 Å². The van der Waals surface area contributed by atoms with Crippen molar-refractivity contribution in [1.29, 1.82) is 0 Å². The largest absolute Gasteiger partial charge is 0.492 e. The summed E-state index contributed by atoms with van der Waals surface area (Å²) in [5.41, 5.74) is 1.95. The summed E-state index contributed by atoms with van der Waals surface area (Å²) in [4.78, 5) is 82.5. The smallest absolute Gasteiger partial charge is 0.328 e. The lowest BCUT2D eigenvalue weighted by Crippen LogP contribution is -2.59. The molecule has 1 fully saturated rings. The summed E-state index contributed by atoms with van der Waals surface area (Å²) in [7, 11) is 2.82. The molecule has 17 heteroatoms. The number of rotatable bonds is 6. The minimum atomic E-state index is -1.29. The van der Waals surface area contributed by atoms with Crippen molar-refractivity contribution in [1.82, 2.24) is 46.5 Å². The third-order valence-electron chi connectivity index (χ3n) is 9.39. The molecule has 5 amide bonds. The number of carbonyl (C=O) groups is 6. The molecular formula is C37H47N9O8. The fraction of sp³-hybridized carbons (Fsp3) is 0.459. The number of nitrogens with one attached hydrogen (secondary N) is 5. The van der Waals surface area contributed by atoms with Crippen LogP contribution in [0.25, 0.3) is 0 Å². The molecule has 6 rings (SSSR count). The first-order valence-electron chi connectivity index (χ1n) is 17.9. The summed E-state index contributed by atoms with van der Waals surface area (Å²) in [5.74, 6) is -2.96. The van der Waals surface area contributed by atoms with Gasteiger partial charge in [0.15, 0.2) is 0 Å². The van der Waals surface area contributed by atoms with E-state index >= 15 is 0 Å². The van der Waals surface area contributed by atoms with E-state index in [4.69, 9.17) is 9.47 Å². The van der Waals surface area contributed by atoms with Crippen molar-refractivity contribution in [2.45, 2.75) is 82.3 Å². The lowest BCUT2D eigenvalue weighted by molar-refractivity contribution is -0.145. The highest BCUT2D eigenvalue weighted by Crippen LogP contribution is 2.21. The van der Waals surface area contributed by atoms with E-state index in [1.54, 1.807) is 61.2 Å². The molecule has 1 saturated heterocycles. The van der Waals surface area contributed by atoms with Gasteiger partial charge in [-0.05, 0) is 50.1 Å². The molecule has 5 N–H and O–H groups in total. The Morgan fingerprint density at radius 2 is 1.76 bits per heavy atom. The number of nitrogens with zero attached hydrogens (tertiary/aromatic N) is 4. The number of esters is 1. The molecule has 0 radical (unpaired) electrons. The van der Waals surface area contributed by atoms with Crippen molar-refractivity contribution in [3.8, 4) is 5.75 Å². The van der Waals surface area contributed by atoms with Gasteiger partial charge in [-0.1, -0.05) is 47.7 Å². The quantitative estimate of drug-likeness (QED) is 0.201. The Bertz CT molecular complexity index is 1780. The third kappa shape index (κ3) is 10.6. The molecule has 17 nitrogen and oxygen atoms in total. The van der Waals surface area contributed by atoms with Crippen molar-refractivity contribution >= 4 is 35.5 Å². The SMILES string of the molecule is CNC(C)C(=O)NC1CC(=O)NCc2cn(nn2)CCOc2ccc(cc2)CC(C(=O)OC)NC(=O)C(Cc2ccccc2)NC(=O)C2CCCN2C1=O. The molecule has 2 aromatic carbocycles. The molecule has 4 bridgehead atoms. The second-order valence-corrected chi connectivity index (χ2v) is 13.2. The predicted octanol–water partition coefficient (Wildman–Crippen LogP) is -0.611. The van der Waals surface area contributed by atoms with Crippen LogP contribution >= 0.6 is 0 Å². The van der Waals surface area contributed by atoms with Gasteiger partial charge < -0.3 is 41.0 Å². The first-order valence-corrected chi connectivity index (χ1v) is 17.9. The summed E-state index contributed by atoms with van der Waals surface area (Å²) < 4.78 is 12.5. The van der Waals surface area contributed by atoms with Crippen LogP contribution in [0.15, 0.2) is 60.8 Å². The normalized spacial score (nSPS) is 22.3. The van der Waals surface area contributed by atoms with Crippen LogP contribution in [0.1, 0.15) is 43.0 Å². The van der Waals surface area contributed by atoms with Crippen molar-refractivity contribution in [3.05, 3.63) is 77.6 Å². The lowest BCUT2D eigenvalue weighted by Gasteiger charge is -2.30. The highest BCUT2D eigenvalue weighted by molar-refractivity contribution is 5.97. The molecule has 3 aliphatic heterocycles. The molecule has 4 heterocycles. The standard InChI is InChI=1S/C37H47N9O8/c1-23(38-2)33(48)41-29-20-32(47)39-21-26-22-45(44-43-26)16-17-54-27-13-11-25(12-14-27)19-30(37(52)53-3)42-34(49)28(18-24-8-5-4-6-9-24)40-35(50)31-10-7-15-46(31)36(29)51/h4-6,8-9,11-14,22-23,28-31,38H,7,10,15-21H2,1-3H3,(H,39,47)(H,40,50)(H,41,48)(H,42,49). The van der Waals surface area contributed by atoms with Crippen molar-refractivity contribution in [2.75, 3.05) is 27.3 Å². The van der Waals surface area contributed by atoms with Gasteiger partial charge in [0, 0.05) is 19.4 Å². The van der Waals surface area contributed by atoms with Crippen LogP contribution in [0.2, 0.25) is 0 Å². The maximum atomic E-state index is 14.1. The van der Waals surface area contributed by atoms with Crippen LogP contribution in [0, 0.1) is 0 Å². The minimum absolute atomic E-state index is 0.0229. The van der Waals surface area contributed by atoms with Crippen molar-refractivity contribution in [3.63, 3.8) is 0 Å². The number of amides is 5. The Kier molecular flexibility index (Phi) is 13.7. The molecular weight excluding hydrogens is 698 g/mol. The van der Waals surface area contributed by atoms with E-state index < -0.39 is 72.1 Å². The van der Waals surface area contributed by atoms with E-state index in [1.165, 1.54) is 12.0 Å².